The van der Waals surface area contributed by atoms with Crippen molar-refractivity contribution in [2.45, 2.75) is 37.8 Å². The molecule has 3 fully saturated rings. The number of aliphatic hydroxyl groups is 1. The van der Waals surface area contributed by atoms with Crippen LogP contribution in [0.5, 0.6) is 0 Å². The van der Waals surface area contributed by atoms with Crippen LogP contribution in [0.2, 0.25) is 0 Å². The predicted octanol–water partition coefficient (Wildman–Crippen LogP) is 0.378. The molecule has 1 aliphatic carbocycles. The molecule has 1 N–H and O–H groups in total. The van der Waals surface area contributed by atoms with Gasteiger partial charge < -0.3 is 10.0 Å². The van der Waals surface area contributed by atoms with Crippen molar-refractivity contribution in [1.82, 2.24) is 4.90 Å². The number of rotatable bonds is 0. The van der Waals surface area contributed by atoms with E-state index < -0.39 is 0 Å². The standard InChI is InChI=1S/C10H15NO2/c12-8-3-6-1-2-11-9(13)5-7(4-8)10(6)11/h6-8,10,12H,1-5H2/t6-,7-,8+,10-/m0/s1. The second kappa shape index (κ2) is 2.47. The van der Waals surface area contributed by atoms with E-state index in [4.69, 9.17) is 0 Å². The van der Waals surface area contributed by atoms with Crippen molar-refractivity contribution in [3.63, 3.8) is 0 Å². The van der Waals surface area contributed by atoms with Crippen molar-refractivity contribution in [3.05, 3.63) is 0 Å². The first-order valence-corrected chi connectivity index (χ1v) is 5.23. The Morgan fingerprint density at radius 1 is 1.31 bits per heavy atom. The van der Waals surface area contributed by atoms with Crippen molar-refractivity contribution in [1.29, 1.82) is 0 Å². The molecule has 1 saturated carbocycles. The second-order valence-corrected chi connectivity index (χ2v) is 4.72. The molecule has 0 spiro atoms. The van der Waals surface area contributed by atoms with Crippen LogP contribution in [-0.2, 0) is 4.79 Å². The summed E-state index contributed by atoms with van der Waals surface area (Å²) in [7, 11) is 0. The molecular weight excluding hydrogens is 166 g/mol. The molecule has 2 heterocycles. The molecule has 0 aromatic carbocycles. The largest absolute Gasteiger partial charge is 0.393 e. The topological polar surface area (TPSA) is 40.5 Å². The average molecular weight is 181 g/mol. The summed E-state index contributed by atoms with van der Waals surface area (Å²) in [6.07, 6.45) is 3.44. The molecule has 13 heavy (non-hydrogen) atoms. The number of nitrogens with zero attached hydrogens (tertiary/aromatic N) is 1. The Bertz CT molecular complexity index is 253. The minimum absolute atomic E-state index is 0.142. The first-order valence-electron chi connectivity index (χ1n) is 5.23. The van der Waals surface area contributed by atoms with E-state index in [9.17, 15) is 9.90 Å². The lowest BCUT2D eigenvalue weighted by Gasteiger charge is -2.33. The van der Waals surface area contributed by atoms with Crippen molar-refractivity contribution in [3.8, 4) is 0 Å². The third-order valence-corrected chi connectivity index (χ3v) is 3.97. The van der Waals surface area contributed by atoms with E-state index in [1.807, 2.05) is 0 Å². The van der Waals surface area contributed by atoms with Crippen molar-refractivity contribution >= 4 is 5.91 Å². The van der Waals surface area contributed by atoms with Gasteiger partial charge in [-0.05, 0) is 31.1 Å². The van der Waals surface area contributed by atoms with Crippen LogP contribution in [0.1, 0.15) is 25.7 Å². The Kier molecular flexibility index (Phi) is 1.48. The van der Waals surface area contributed by atoms with Gasteiger partial charge in [0.25, 0.3) is 0 Å². The molecule has 0 bridgehead atoms. The molecule has 2 aliphatic heterocycles. The molecule has 72 valence electrons. The first kappa shape index (κ1) is 7.80. The minimum Gasteiger partial charge on any atom is -0.393 e. The summed E-state index contributed by atoms with van der Waals surface area (Å²) < 4.78 is 0. The van der Waals surface area contributed by atoms with Crippen LogP contribution in [0, 0.1) is 11.8 Å². The monoisotopic (exact) mass is 181 g/mol. The van der Waals surface area contributed by atoms with Gasteiger partial charge in [-0.2, -0.15) is 0 Å². The highest BCUT2D eigenvalue weighted by Gasteiger charge is 2.51. The van der Waals surface area contributed by atoms with Crippen LogP contribution in [0.3, 0.4) is 0 Å². The molecule has 0 radical (unpaired) electrons. The van der Waals surface area contributed by atoms with E-state index in [0.29, 0.717) is 30.2 Å². The van der Waals surface area contributed by atoms with Crippen LogP contribution < -0.4 is 0 Å². The Morgan fingerprint density at radius 3 is 2.92 bits per heavy atom. The lowest BCUT2D eigenvalue weighted by molar-refractivity contribution is -0.128. The molecule has 4 atom stereocenters. The lowest BCUT2D eigenvalue weighted by atomic mass is 9.76. The minimum atomic E-state index is -0.142. The number of aliphatic hydroxyl groups excluding tert-OH is 1. The molecule has 3 nitrogen and oxygen atoms in total. The van der Waals surface area contributed by atoms with E-state index in [1.165, 1.54) is 0 Å². The van der Waals surface area contributed by atoms with Gasteiger partial charge in [0.2, 0.25) is 5.91 Å². The Hall–Kier alpha value is -0.570. The SMILES string of the molecule is O=C1C[C@@H]2C[C@H](O)C[C@@H]3CCN1[C@H]23. The maximum atomic E-state index is 11.5. The highest BCUT2D eigenvalue weighted by Crippen LogP contribution is 2.45. The van der Waals surface area contributed by atoms with Gasteiger partial charge in [0.05, 0.1) is 6.10 Å². The van der Waals surface area contributed by atoms with Gasteiger partial charge in [0.1, 0.15) is 0 Å². The van der Waals surface area contributed by atoms with Gasteiger partial charge in [0.15, 0.2) is 0 Å². The highest BCUT2D eigenvalue weighted by molar-refractivity contribution is 5.79. The van der Waals surface area contributed by atoms with E-state index >= 15 is 0 Å². The van der Waals surface area contributed by atoms with Gasteiger partial charge in [-0.1, -0.05) is 0 Å². The molecule has 2 saturated heterocycles. The van der Waals surface area contributed by atoms with Gasteiger partial charge in [-0.15, -0.1) is 0 Å². The maximum absolute atomic E-state index is 11.5. The molecule has 0 unspecified atom stereocenters. The number of carbonyl (C=O) groups excluding carboxylic acids is 1. The zero-order valence-electron chi connectivity index (χ0n) is 7.65. The number of amides is 1. The summed E-state index contributed by atoms with van der Waals surface area (Å²) in [6.45, 7) is 0.942. The Balaban J connectivity index is 1.91. The third-order valence-electron chi connectivity index (χ3n) is 3.97. The van der Waals surface area contributed by atoms with Gasteiger partial charge in [-0.25, -0.2) is 0 Å². The summed E-state index contributed by atoms with van der Waals surface area (Å²) in [5.74, 6) is 1.38. The van der Waals surface area contributed by atoms with E-state index in [1.54, 1.807) is 0 Å². The van der Waals surface area contributed by atoms with Crippen molar-refractivity contribution in [2.75, 3.05) is 6.54 Å². The third kappa shape index (κ3) is 0.966. The van der Waals surface area contributed by atoms with Crippen LogP contribution in [0.25, 0.3) is 0 Å². The first-order chi connectivity index (χ1) is 6.25. The maximum Gasteiger partial charge on any atom is 0.223 e. The zero-order chi connectivity index (χ0) is 9.00. The van der Waals surface area contributed by atoms with Crippen LogP contribution >= 0.6 is 0 Å². The summed E-state index contributed by atoms with van der Waals surface area (Å²) >= 11 is 0. The summed E-state index contributed by atoms with van der Waals surface area (Å²) in [5, 5.41) is 9.63. The molecular formula is C10H15NO2. The zero-order valence-corrected chi connectivity index (χ0v) is 7.65. The summed E-state index contributed by atoms with van der Waals surface area (Å²) in [6, 6.07) is 0.496. The fourth-order valence-electron chi connectivity index (χ4n) is 3.55. The quantitative estimate of drug-likeness (QED) is 0.587. The van der Waals surface area contributed by atoms with Crippen molar-refractivity contribution < 1.29 is 9.90 Å². The second-order valence-electron chi connectivity index (χ2n) is 4.72. The van der Waals surface area contributed by atoms with Gasteiger partial charge >= 0.3 is 0 Å². The fraction of sp³-hybridized carbons (Fsp3) is 0.900. The predicted molar refractivity (Wildman–Crippen MR) is 47.0 cm³/mol. The number of carbonyl (C=O) groups is 1. The molecule has 1 amide bonds. The van der Waals surface area contributed by atoms with Crippen molar-refractivity contribution in [2.24, 2.45) is 11.8 Å². The molecule has 0 aromatic rings. The number of hydrogen-bond acceptors (Lipinski definition) is 2. The van der Waals surface area contributed by atoms with E-state index in [2.05, 4.69) is 4.90 Å². The van der Waals surface area contributed by atoms with Crippen LogP contribution in [0.4, 0.5) is 0 Å². The van der Waals surface area contributed by atoms with Gasteiger partial charge in [0, 0.05) is 19.0 Å². The number of hydrogen-bond donors (Lipinski definition) is 1. The molecule has 0 aromatic heterocycles. The summed E-state index contributed by atoms with van der Waals surface area (Å²) in [5.41, 5.74) is 0. The average Bonchev–Trinajstić information content (AvgIpc) is 2.58. The Morgan fingerprint density at radius 2 is 2.08 bits per heavy atom. The molecule has 3 aliphatic rings. The van der Waals surface area contributed by atoms with Gasteiger partial charge in [-0.3, -0.25) is 4.79 Å². The van der Waals surface area contributed by atoms with Crippen LogP contribution in [-0.4, -0.2) is 34.6 Å². The molecule has 3 heteroatoms. The fourth-order valence-corrected chi connectivity index (χ4v) is 3.55. The lowest BCUT2D eigenvalue weighted by Crippen LogP contribution is -2.39. The highest BCUT2D eigenvalue weighted by atomic mass is 16.3. The smallest absolute Gasteiger partial charge is 0.223 e. The van der Waals surface area contributed by atoms with Crippen LogP contribution in [0.15, 0.2) is 0 Å². The van der Waals surface area contributed by atoms with E-state index in [0.717, 1.165) is 25.8 Å². The summed E-state index contributed by atoms with van der Waals surface area (Å²) in [4.78, 5) is 13.6. The molecule has 3 rings (SSSR count). The Labute approximate surface area is 77.7 Å². The normalized spacial score (nSPS) is 48.4. The van der Waals surface area contributed by atoms with E-state index in [-0.39, 0.29) is 6.10 Å².